The average molecular weight is 632 g/mol. The summed E-state index contributed by atoms with van der Waals surface area (Å²) in [4.78, 5) is 14.3. The molecule has 2 aromatic carbocycles. The van der Waals surface area contributed by atoms with Crippen LogP contribution in [0.25, 0.3) is 0 Å². The first-order valence-electron chi connectivity index (χ1n) is 13.1. The molecule has 2 heterocycles. The lowest BCUT2D eigenvalue weighted by molar-refractivity contribution is -0.180. The van der Waals surface area contributed by atoms with E-state index in [4.69, 9.17) is 23.7 Å². The third-order valence-corrected chi connectivity index (χ3v) is 7.52. The molecule has 2 aromatic rings. The summed E-state index contributed by atoms with van der Waals surface area (Å²) in [7, 11) is 0. The van der Waals surface area contributed by atoms with Crippen LogP contribution in [-0.4, -0.2) is 43.1 Å². The van der Waals surface area contributed by atoms with Crippen LogP contribution in [0, 0.1) is 3.57 Å². The van der Waals surface area contributed by atoms with Gasteiger partial charge in [-0.25, -0.2) is 4.79 Å². The highest BCUT2D eigenvalue weighted by Crippen LogP contribution is 2.35. The number of rotatable bonds is 10. The lowest BCUT2D eigenvalue weighted by Crippen LogP contribution is -2.35. The highest BCUT2D eigenvalue weighted by molar-refractivity contribution is 14.1. The van der Waals surface area contributed by atoms with Crippen molar-refractivity contribution in [3.05, 3.63) is 86.2 Å². The van der Waals surface area contributed by atoms with E-state index >= 15 is 0 Å². The van der Waals surface area contributed by atoms with E-state index in [0.29, 0.717) is 39.5 Å². The monoisotopic (exact) mass is 631 g/mol. The van der Waals surface area contributed by atoms with Crippen molar-refractivity contribution in [3.63, 3.8) is 0 Å². The summed E-state index contributed by atoms with van der Waals surface area (Å²) in [5.41, 5.74) is 4.43. The van der Waals surface area contributed by atoms with Crippen LogP contribution in [-0.2, 0) is 32.2 Å². The van der Waals surface area contributed by atoms with Gasteiger partial charge in [0.05, 0.1) is 32.1 Å². The number of carbonyl (C=O) groups excluding carboxylic acids is 1. The Morgan fingerprint density at radius 1 is 1.11 bits per heavy atom. The Hall–Kier alpha value is -2.56. The van der Waals surface area contributed by atoms with Gasteiger partial charge >= 0.3 is 6.09 Å². The number of cyclic esters (lactones) is 1. The SMILES string of the molecule is CC1(C)OCc2cc(C3CN(CCC4=CC=C(OCCOCc5cccc(I)c5)CC4)C(=O)O3)ccc2O1. The Kier molecular flexibility index (Phi) is 8.60. The van der Waals surface area contributed by atoms with Gasteiger partial charge < -0.3 is 28.6 Å². The van der Waals surface area contributed by atoms with Crippen molar-refractivity contribution in [2.24, 2.45) is 0 Å². The van der Waals surface area contributed by atoms with Gasteiger partial charge in [0, 0.05) is 35.9 Å². The topological polar surface area (TPSA) is 66.5 Å². The molecule has 8 heteroatoms. The van der Waals surface area contributed by atoms with Crippen LogP contribution in [0.15, 0.2) is 65.9 Å². The van der Waals surface area contributed by atoms with E-state index in [2.05, 4.69) is 46.9 Å². The second-order valence-electron chi connectivity index (χ2n) is 10.2. The smallest absolute Gasteiger partial charge is 0.410 e. The Labute approximate surface area is 237 Å². The molecule has 1 fully saturated rings. The zero-order valence-corrected chi connectivity index (χ0v) is 24.1. The van der Waals surface area contributed by atoms with E-state index in [9.17, 15) is 4.79 Å². The number of fused-ring (bicyclic) bond motifs is 1. The fraction of sp³-hybridized carbons (Fsp3) is 0.433. The Bertz CT molecular complexity index is 1220. The third kappa shape index (κ3) is 7.09. The largest absolute Gasteiger partial charge is 0.496 e. The molecular formula is C30H34INO6. The quantitative estimate of drug-likeness (QED) is 0.216. The molecule has 3 aliphatic rings. The van der Waals surface area contributed by atoms with Crippen LogP contribution in [0.3, 0.4) is 0 Å². The normalized spacial score (nSPS) is 20.2. The maximum atomic E-state index is 12.5. The van der Waals surface area contributed by atoms with E-state index in [1.807, 2.05) is 44.2 Å². The highest BCUT2D eigenvalue weighted by Gasteiger charge is 2.34. The van der Waals surface area contributed by atoms with Gasteiger partial charge in [-0.05, 0) is 76.9 Å². The second-order valence-corrected chi connectivity index (χ2v) is 11.5. The minimum absolute atomic E-state index is 0.262. The van der Waals surface area contributed by atoms with Crippen molar-refractivity contribution in [1.29, 1.82) is 0 Å². The molecule has 2 aliphatic heterocycles. The van der Waals surface area contributed by atoms with Crippen LogP contribution in [0.4, 0.5) is 4.79 Å². The highest BCUT2D eigenvalue weighted by atomic mass is 127. The summed E-state index contributed by atoms with van der Waals surface area (Å²) in [5.74, 6) is 1.18. The summed E-state index contributed by atoms with van der Waals surface area (Å²) < 4.78 is 30.2. The molecule has 1 saturated heterocycles. The Morgan fingerprint density at radius 2 is 2.00 bits per heavy atom. The maximum absolute atomic E-state index is 12.5. The van der Waals surface area contributed by atoms with Gasteiger partial charge in [-0.2, -0.15) is 0 Å². The predicted octanol–water partition coefficient (Wildman–Crippen LogP) is 6.66. The van der Waals surface area contributed by atoms with Gasteiger partial charge in [-0.15, -0.1) is 0 Å². The molecule has 38 heavy (non-hydrogen) atoms. The number of ether oxygens (including phenoxy) is 5. The Morgan fingerprint density at radius 3 is 2.82 bits per heavy atom. The molecule has 1 unspecified atom stereocenters. The second kappa shape index (κ2) is 12.1. The lowest BCUT2D eigenvalue weighted by Gasteiger charge is -2.32. The molecule has 1 amide bonds. The van der Waals surface area contributed by atoms with Crippen LogP contribution >= 0.6 is 22.6 Å². The molecule has 0 bridgehead atoms. The first-order valence-corrected chi connectivity index (χ1v) is 14.2. The molecule has 0 radical (unpaired) electrons. The number of amides is 1. The number of carbonyl (C=O) groups is 1. The van der Waals surface area contributed by atoms with Gasteiger partial charge in [-0.3, -0.25) is 0 Å². The maximum Gasteiger partial charge on any atom is 0.410 e. The fourth-order valence-electron chi connectivity index (χ4n) is 4.74. The summed E-state index contributed by atoms with van der Waals surface area (Å²) in [6, 6.07) is 14.3. The van der Waals surface area contributed by atoms with Gasteiger partial charge in [0.25, 0.3) is 0 Å². The minimum atomic E-state index is -0.628. The van der Waals surface area contributed by atoms with Crippen LogP contribution in [0.5, 0.6) is 5.75 Å². The molecule has 5 rings (SSSR count). The van der Waals surface area contributed by atoms with Crippen molar-refractivity contribution in [2.75, 3.05) is 26.3 Å². The van der Waals surface area contributed by atoms with E-state index < -0.39 is 5.79 Å². The van der Waals surface area contributed by atoms with Crippen molar-refractivity contribution < 1.29 is 28.5 Å². The van der Waals surface area contributed by atoms with E-state index in [1.165, 1.54) is 14.7 Å². The summed E-state index contributed by atoms with van der Waals surface area (Å²) in [5, 5.41) is 0. The number of allylic oxidation sites excluding steroid dienone is 3. The number of hydrogen-bond donors (Lipinski definition) is 0. The van der Waals surface area contributed by atoms with Crippen LogP contribution in [0.2, 0.25) is 0 Å². The van der Waals surface area contributed by atoms with Gasteiger partial charge in [-0.1, -0.05) is 29.8 Å². The standard InChI is InChI=1S/C30H34INO6/c1-30(2)36-20-24-17-23(8-11-27(24)38-30)28-18-32(29(33)37-28)13-12-21-6-9-26(10-7-21)35-15-14-34-19-22-4-3-5-25(31)16-22/h3-6,8-9,11,16-17,28H,7,10,12-15,18-20H2,1-2H3. The lowest BCUT2D eigenvalue weighted by atomic mass is 10.0. The third-order valence-electron chi connectivity index (χ3n) is 6.85. The first kappa shape index (κ1) is 27.0. The summed E-state index contributed by atoms with van der Waals surface area (Å²) in [6.07, 6.45) is 6.25. The van der Waals surface area contributed by atoms with Gasteiger partial charge in [0.2, 0.25) is 5.79 Å². The molecule has 0 aromatic heterocycles. The first-order chi connectivity index (χ1) is 18.3. The molecule has 7 nitrogen and oxygen atoms in total. The van der Waals surface area contributed by atoms with Crippen LogP contribution < -0.4 is 4.74 Å². The van der Waals surface area contributed by atoms with Gasteiger partial charge in [0.15, 0.2) is 0 Å². The molecule has 1 aliphatic carbocycles. The van der Waals surface area contributed by atoms with E-state index in [-0.39, 0.29) is 12.2 Å². The van der Waals surface area contributed by atoms with Crippen molar-refractivity contribution in [2.45, 2.75) is 58.2 Å². The summed E-state index contributed by atoms with van der Waals surface area (Å²) in [6.45, 7) is 7.15. The molecule has 1 atom stereocenters. The molecule has 0 spiro atoms. The van der Waals surface area contributed by atoms with Crippen LogP contribution in [0.1, 0.15) is 55.9 Å². The minimum Gasteiger partial charge on any atom is -0.496 e. The fourth-order valence-corrected chi connectivity index (χ4v) is 5.35. The Balaban J connectivity index is 1.04. The zero-order valence-electron chi connectivity index (χ0n) is 21.9. The number of benzene rings is 2. The molecule has 202 valence electrons. The number of halogens is 1. The van der Waals surface area contributed by atoms with E-state index in [0.717, 1.165) is 41.9 Å². The number of nitrogens with zero attached hydrogens (tertiary/aromatic N) is 1. The van der Waals surface area contributed by atoms with Crippen molar-refractivity contribution in [1.82, 2.24) is 4.90 Å². The van der Waals surface area contributed by atoms with E-state index in [1.54, 1.807) is 4.90 Å². The zero-order chi connectivity index (χ0) is 26.5. The van der Waals surface area contributed by atoms with Gasteiger partial charge in [0.1, 0.15) is 18.5 Å². The molecular weight excluding hydrogens is 597 g/mol. The van der Waals surface area contributed by atoms with Crippen molar-refractivity contribution in [3.8, 4) is 5.75 Å². The predicted molar refractivity (Wildman–Crippen MR) is 152 cm³/mol. The number of hydrogen-bond acceptors (Lipinski definition) is 6. The summed E-state index contributed by atoms with van der Waals surface area (Å²) >= 11 is 2.31. The molecule has 0 N–H and O–H groups in total. The molecule has 0 saturated carbocycles. The average Bonchev–Trinajstić information content (AvgIpc) is 3.27. The van der Waals surface area contributed by atoms with Crippen molar-refractivity contribution >= 4 is 28.7 Å².